The maximum Gasteiger partial charge on any atom is 0.260 e. The largest absolute Gasteiger partial charge is 0.313 e. The molecule has 0 aliphatic carbocycles. The SMILES string of the molecule is Cc1nn(-c2ccccc2)c(Cl)c1/C=N/NC(=O)Cn1c(-c2ccccn2)nc2ccccc21. The first kappa shape index (κ1) is 21.5. The van der Waals surface area contributed by atoms with Gasteiger partial charge in [0.25, 0.3) is 5.91 Å². The number of benzene rings is 2. The summed E-state index contributed by atoms with van der Waals surface area (Å²) in [7, 11) is 0. The van der Waals surface area contributed by atoms with E-state index in [1.165, 1.54) is 6.21 Å². The minimum Gasteiger partial charge on any atom is -0.313 e. The number of para-hydroxylation sites is 3. The van der Waals surface area contributed by atoms with Crippen molar-refractivity contribution in [3.05, 3.63) is 95.4 Å². The quantitative estimate of drug-likeness (QED) is 0.295. The number of carbonyl (C=O) groups is 1. The molecule has 0 radical (unpaired) electrons. The van der Waals surface area contributed by atoms with Crippen LogP contribution in [0.25, 0.3) is 28.2 Å². The monoisotopic (exact) mass is 469 g/mol. The Kier molecular flexibility index (Phi) is 5.88. The van der Waals surface area contributed by atoms with Crippen LogP contribution in [0.5, 0.6) is 0 Å². The second-order valence-corrected chi connectivity index (χ2v) is 7.91. The molecule has 0 unspecified atom stereocenters. The molecule has 0 spiro atoms. The number of pyridine rings is 1. The van der Waals surface area contributed by atoms with Crippen LogP contribution in [0.3, 0.4) is 0 Å². The Morgan fingerprint density at radius 3 is 2.62 bits per heavy atom. The zero-order chi connectivity index (χ0) is 23.5. The summed E-state index contributed by atoms with van der Waals surface area (Å²) in [6.07, 6.45) is 3.21. The normalized spacial score (nSPS) is 11.4. The lowest BCUT2D eigenvalue weighted by atomic mass is 10.3. The van der Waals surface area contributed by atoms with Crippen molar-refractivity contribution in [1.82, 2.24) is 29.7 Å². The van der Waals surface area contributed by atoms with E-state index in [9.17, 15) is 4.79 Å². The summed E-state index contributed by atoms with van der Waals surface area (Å²) < 4.78 is 3.46. The lowest BCUT2D eigenvalue weighted by Gasteiger charge is -2.07. The topological polar surface area (TPSA) is 90.0 Å². The van der Waals surface area contributed by atoms with E-state index in [2.05, 4.69) is 25.6 Å². The summed E-state index contributed by atoms with van der Waals surface area (Å²) in [6.45, 7) is 1.87. The molecule has 5 aromatic rings. The van der Waals surface area contributed by atoms with Gasteiger partial charge in [-0.2, -0.15) is 10.2 Å². The average molecular weight is 470 g/mol. The van der Waals surface area contributed by atoms with Crippen LogP contribution < -0.4 is 5.43 Å². The zero-order valence-corrected chi connectivity index (χ0v) is 19.0. The van der Waals surface area contributed by atoms with Gasteiger partial charge < -0.3 is 4.57 Å². The summed E-state index contributed by atoms with van der Waals surface area (Å²) >= 11 is 6.53. The van der Waals surface area contributed by atoms with Gasteiger partial charge in [-0.3, -0.25) is 9.78 Å². The molecule has 0 saturated heterocycles. The molecule has 0 aliphatic rings. The molecule has 0 atom stereocenters. The molecule has 8 nitrogen and oxygen atoms in total. The van der Waals surface area contributed by atoms with E-state index < -0.39 is 0 Å². The van der Waals surface area contributed by atoms with E-state index in [0.717, 1.165) is 16.7 Å². The predicted octanol–water partition coefficient (Wildman–Crippen LogP) is 4.40. The Morgan fingerprint density at radius 2 is 1.82 bits per heavy atom. The fraction of sp³-hybridized carbons (Fsp3) is 0.0800. The number of nitrogens with zero attached hydrogens (tertiary/aromatic N) is 6. The van der Waals surface area contributed by atoms with Crippen LogP contribution in [0.1, 0.15) is 11.3 Å². The molecule has 0 saturated carbocycles. The first-order valence-corrected chi connectivity index (χ1v) is 11.0. The summed E-state index contributed by atoms with van der Waals surface area (Å²) in [5.41, 5.74) is 7.07. The number of rotatable bonds is 6. The zero-order valence-electron chi connectivity index (χ0n) is 18.3. The van der Waals surface area contributed by atoms with Crippen molar-refractivity contribution in [2.45, 2.75) is 13.5 Å². The number of aryl methyl sites for hydroxylation is 1. The van der Waals surface area contributed by atoms with Gasteiger partial charge in [0.05, 0.1) is 34.2 Å². The van der Waals surface area contributed by atoms with Crippen LogP contribution in [0.2, 0.25) is 5.15 Å². The number of amides is 1. The van der Waals surface area contributed by atoms with Gasteiger partial charge in [-0.05, 0) is 43.3 Å². The minimum atomic E-state index is -0.305. The molecular formula is C25H20ClN7O. The van der Waals surface area contributed by atoms with E-state index in [1.54, 1.807) is 10.9 Å². The number of nitrogens with one attached hydrogen (secondary N) is 1. The van der Waals surface area contributed by atoms with E-state index in [0.29, 0.717) is 27.9 Å². The van der Waals surface area contributed by atoms with Crippen LogP contribution in [0.15, 0.2) is 84.1 Å². The number of hydrogen-bond donors (Lipinski definition) is 1. The first-order chi connectivity index (χ1) is 16.6. The van der Waals surface area contributed by atoms with Crippen LogP contribution in [0, 0.1) is 6.92 Å². The van der Waals surface area contributed by atoms with Crippen molar-refractivity contribution in [2.75, 3.05) is 0 Å². The number of aromatic nitrogens is 5. The van der Waals surface area contributed by atoms with Crippen molar-refractivity contribution in [3.8, 4) is 17.2 Å². The highest BCUT2D eigenvalue weighted by Crippen LogP contribution is 2.24. The van der Waals surface area contributed by atoms with E-state index in [-0.39, 0.29) is 12.5 Å². The van der Waals surface area contributed by atoms with Crippen LogP contribution in [-0.4, -0.2) is 36.4 Å². The molecule has 168 valence electrons. The second kappa shape index (κ2) is 9.29. The van der Waals surface area contributed by atoms with Gasteiger partial charge in [-0.25, -0.2) is 15.1 Å². The van der Waals surface area contributed by atoms with Crippen LogP contribution in [0.4, 0.5) is 0 Å². The highest BCUT2D eigenvalue weighted by Gasteiger charge is 2.16. The Hall–Kier alpha value is -4.30. The fourth-order valence-electron chi connectivity index (χ4n) is 3.67. The van der Waals surface area contributed by atoms with Gasteiger partial charge in [0, 0.05) is 6.20 Å². The molecule has 2 aromatic carbocycles. The third kappa shape index (κ3) is 4.18. The lowest BCUT2D eigenvalue weighted by Crippen LogP contribution is -2.23. The highest BCUT2D eigenvalue weighted by atomic mass is 35.5. The maximum absolute atomic E-state index is 12.8. The molecule has 3 aromatic heterocycles. The second-order valence-electron chi connectivity index (χ2n) is 7.56. The third-order valence-corrected chi connectivity index (χ3v) is 5.65. The van der Waals surface area contributed by atoms with Crippen molar-refractivity contribution >= 4 is 34.8 Å². The fourth-order valence-corrected chi connectivity index (χ4v) is 3.99. The van der Waals surface area contributed by atoms with Crippen LogP contribution in [-0.2, 0) is 11.3 Å². The highest BCUT2D eigenvalue weighted by molar-refractivity contribution is 6.32. The van der Waals surface area contributed by atoms with Crippen molar-refractivity contribution < 1.29 is 4.79 Å². The molecule has 9 heteroatoms. The van der Waals surface area contributed by atoms with Gasteiger partial charge in [0.15, 0.2) is 5.82 Å². The molecule has 3 heterocycles. The summed E-state index contributed by atoms with van der Waals surface area (Å²) in [5, 5.41) is 9.02. The molecule has 0 aliphatic heterocycles. The smallest absolute Gasteiger partial charge is 0.260 e. The van der Waals surface area contributed by atoms with E-state index >= 15 is 0 Å². The van der Waals surface area contributed by atoms with E-state index in [4.69, 9.17) is 11.6 Å². The van der Waals surface area contributed by atoms with Crippen molar-refractivity contribution in [3.63, 3.8) is 0 Å². The molecule has 34 heavy (non-hydrogen) atoms. The van der Waals surface area contributed by atoms with Gasteiger partial charge in [-0.1, -0.05) is 48.0 Å². The molecule has 0 fully saturated rings. The maximum atomic E-state index is 12.8. The standard InChI is InChI=1S/C25H20ClN7O/c1-17-19(24(26)33(31-17)18-9-3-2-4-10-18)15-28-30-23(34)16-32-22-13-6-5-11-20(22)29-25(32)21-12-7-8-14-27-21/h2-15H,16H2,1H3,(H,30,34)/b28-15+. The van der Waals surface area contributed by atoms with Gasteiger partial charge in [0.2, 0.25) is 0 Å². The van der Waals surface area contributed by atoms with Gasteiger partial charge in [-0.15, -0.1) is 0 Å². The first-order valence-electron chi connectivity index (χ1n) is 10.6. The Balaban J connectivity index is 1.37. The summed E-state index contributed by atoms with van der Waals surface area (Å²) in [5.74, 6) is 0.310. The lowest BCUT2D eigenvalue weighted by molar-refractivity contribution is -0.121. The Labute approximate surface area is 200 Å². The van der Waals surface area contributed by atoms with Crippen LogP contribution >= 0.6 is 11.6 Å². The number of hydrogen-bond acceptors (Lipinski definition) is 5. The Bertz CT molecular complexity index is 1490. The average Bonchev–Trinajstić information content (AvgIpc) is 3.37. The van der Waals surface area contributed by atoms with E-state index in [1.807, 2.05) is 84.3 Å². The summed E-state index contributed by atoms with van der Waals surface area (Å²) in [4.78, 5) is 21.8. The molecular weight excluding hydrogens is 450 g/mol. The number of imidazole rings is 1. The van der Waals surface area contributed by atoms with Gasteiger partial charge >= 0.3 is 0 Å². The van der Waals surface area contributed by atoms with Crippen molar-refractivity contribution in [1.29, 1.82) is 0 Å². The minimum absolute atomic E-state index is 0.0275. The van der Waals surface area contributed by atoms with Crippen molar-refractivity contribution in [2.24, 2.45) is 5.10 Å². The molecule has 5 rings (SSSR count). The molecule has 1 N–H and O–H groups in total. The number of fused-ring (bicyclic) bond motifs is 1. The number of halogens is 1. The molecule has 1 amide bonds. The Morgan fingerprint density at radius 1 is 1.06 bits per heavy atom. The third-order valence-electron chi connectivity index (χ3n) is 5.28. The molecule has 0 bridgehead atoms. The van der Waals surface area contributed by atoms with Gasteiger partial charge in [0.1, 0.15) is 17.4 Å². The number of carbonyl (C=O) groups excluding carboxylic acids is 1. The predicted molar refractivity (Wildman–Crippen MR) is 132 cm³/mol. The summed E-state index contributed by atoms with van der Waals surface area (Å²) in [6, 6.07) is 22.8. The number of hydrazone groups is 1.